The molecule has 0 radical (unpaired) electrons. The van der Waals surface area contributed by atoms with E-state index in [0.717, 1.165) is 37.5 Å². The zero-order valence-electron chi connectivity index (χ0n) is 20.1. The molecule has 1 heterocycles. The zero-order chi connectivity index (χ0) is 26.5. The molecule has 2 aromatic carbocycles. The van der Waals surface area contributed by atoms with E-state index in [4.69, 9.17) is 8.60 Å². The van der Waals surface area contributed by atoms with Crippen LogP contribution in [0.2, 0.25) is 0 Å². The van der Waals surface area contributed by atoms with Gasteiger partial charge in [-0.05, 0) is 60.4 Å². The van der Waals surface area contributed by atoms with E-state index in [1.807, 2.05) is 0 Å². The molecule has 1 amide bonds. The van der Waals surface area contributed by atoms with Crippen molar-refractivity contribution in [2.45, 2.75) is 62.7 Å². The number of nitrogens with zero attached hydrogens (tertiary/aromatic N) is 1. The summed E-state index contributed by atoms with van der Waals surface area (Å²) in [5.74, 6) is 1.08. The molecule has 1 saturated carbocycles. The summed E-state index contributed by atoms with van der Waals surface area (Å²) < 4.78 is 75.0. The highest BCUT2D eigenvalue weighted by molar-refractivity contribution is 7.87. The van der Waals surface area contributed by atoms with Gasteiger partial charge in [-0.2, -0.15) is 21.6 Å². The number of amides is 1. The molecule has 0 N–H and O–H groups in total. The second-order valence-electron chi connectivity index (χ2n) is 9.23. The SMILES string of the molecule is O=C(CCC1CCCC1)N(Cc1cccc(OS(=O)(=O)c2cccc(C(F)(F)F)c2)c1)Cc1ccco1. The van der Waals surface area contributed by atoms with Crippen LogP contribution in [-0.2, 0) is 34.2 Å². The normalized spacial score (nSPS) is 14.6. The van der Waals surface area contributed by atoms with E-state index in [1.54, 1.807) is 29.2 Å². The number of alkyl halides is 3. The highest BCUT2D eigenvalue weighted by Crippen LogP contribution is 2.32. The van der Waals surface area contributed by atoms with E-state index in [2.05, 4.69) is 0 Å². The molecule has 0 aliphatic heterocycles. The van der Waals surface area contributed by atoms with Crippen LogP contribution in [0, 0.1) is 5.92 Å². The minimum Gasteiger partial charge on any atom is -0.467 e. The second kappa shape index (κ2) is 11.4. The van der Waals surface area contributed by atoms with Gasteiger partial charge in [0.15, 0.2) is 0 Å². The van der Waals surface area contributed by atoms with Gasteiger partial charge in [0, 0.05) is 13.0 Å². The number of rotatable bonds is 10. The Labute approximate surface area is 214 Å². The van der Waals surface area contributed by atoms with Crippen LogP contribution in [0.5, 0.6) is 5.75 Å². The fourth-order valence-electron chi connectivity index (χ4n) is 4.53. The topological polar surface area (TPSA) is 76.8 Å². The summed E-state index contributed by atoms with van der Waals surface area (Å²) in [6, 6.07) is 13.1. The molecule has 198 valence electrons. The maximum Gasteiger partial charge on any atom is 0.416 e. The van der Waals surface area contributed by atoms with Gasteiger partial charge in [-0.3, -0.25) is 4.79 Å². The highest BCUT2D eigenvalue weighted by Gasteiger charge is 2.32. The molecule has 1 aliphatic rings. The summed E-state index contributed by atoms with van der Waals surface area (Å²) in [7, 11) is -4.51. The van der Waals surface area contributed by atoms with E-state index in [9.17, 15) is 26.4 Å². The number of benzene rings is 2. The maximum absolute atomic E-state index is 13.1. The van der Waals surface area contributed by atoms with Crippen LogP contribution in [0.15, 0.2) is 76.2 Å². The molecule has 10 heteroatoms. The number of hydrogen-bond donors (Lipinski definition) is 0. The maximum atomic E-state index is 13.1. The van der Waals surface area contributed by atoms with Gasteiger partial charge in [0.1, 0.15) is 16.4 Å². The molecule has 0 atom stereocenters. The van der Waals surface area contributed by atoms with E-state index in [1.165, 1.54) is 31.2 Å². The molecule has 1 aliphatic carbocycles. The number of furan rings is 1. The fourth-order valence-corrected chi connectivity index (χ4v) is 5.50. The number of hydrogen-bond acceptors (Lipinski definition) is 5. The monoisotopic (exact) mass is 535 g/mol. The third kappa shape index (κ3) is 7.38. The van der Waals surface area contributed by atoms with Gasteiger partial charge in [0.25, 0.3) is 0 Å². The number of carbonyl (C=O) groups is 1. The van der Waals surface area contributed by atoms with Crippen molar-refractivity contribution >= 4 is 16.0 Å². The lowest BCUT2D eigenvalue weighted by Gasteiger charge is -2.23. The van der Waals surface area contributed by atoms with Crippen molar-refractivity contribution in [2.75, 3.05) is 0 Å². The Hall–Kier alpha value is -3.27. The third-order valence-electron chi connectivity index (χ3n) is 6.45. The molecule has 0 unspecified atom stereocenters. The van der Waals surface area contributed by atoms with Gasteiger partial charge in [0.05, 0.1) is 18.4 Å². The average Bonchev–Trinajstić information content (AvgIpc) is 3.56. The Bertz CT molecular complexity index is 1300. The van der Waals surface area contributed by atoms with E-state index >= 15 is 0 Å². The summed E-state index contributed by atoms with van der Waals surface area (Å²) in [5.41, 5.74) is -0.479. The van der Waals surface area contributed by atoms with Crippen LogP contribution >= 0.6 is 0 Å². The van der Waals surface area contributed by atoms with Gasteiger partial charge in [-0.25, -0.2) is 0 Å². The summed E-state index contributed by atoms with van der Waals surface area (Å²) in [4.78, 5) is 14.2. The lowest BCUT2D eigenvalue weighted by Crippen LogP contribution is -2.30. The van der Waals surface area contributed by atoms with Crippen molar-refractivity contribution < 1.29 is 35.0 Å². The van der Waals surface area contributed by atoms with Crippen molar-refractivity contribution in [1.82, 2.24) is 4.90 Å². The Balaban J connectivity index is 1.48. The van der Waals surface area contributed by atoms with Crippen LogP contribution in [0.25, 0.3) is 0 Å². The first-order valence-corrected chi connectivity index (χ1v) is 13.5. The van der Waals surface area contributed by atoms with Gasteiger partial charge in [0.2, 0.25) is 5.91 Å². The number of carbonyl (C=O) groups excluding carboxylic acids is 1. The first kappa shape index (κ1) is 26.8. The molecule has 4 rings (SSSR count). The lowest BCUT2D eigenvalue weighted by molar-refractivity contribution is -0.137. The van der Waals surface area contributed by atoms with Gasteiger partial charge in [-0.15, -0.1) is 0 Å². The molecule has 37 heavy (non-hydrogen) atoms. The van der Waals surface area contributed by atoms with Crippen molar-refractivity contribution in [2.24, 2.45) is 5.92 Å². The van der Waals surface area contributed by atoms with Crippen LogP contribution in [-0.4, -0.2) is 19.2 Å². The molecule has 1 fully saturated rings. The Morgan fingerprint density at radius 2 is 1.76 bits per heavy atom. The predicted molar refractivity (Wildman–Crippen MR) is 130 cm³/mol. The molecule has 1 aromatic heterocycles. The van der Waals surface area contributed by atoms with Crippen LogP contribution in [0.1, 0.15) is 55.4 Å². The largest absolute Gasteiger partial charge is 0.467 e. The minimum atomic E-state index is -4.69. The predicted octanol–water partition coefficient (Wildman–Crippen LogP) is 6.57. The van der Waals surface area contributed by atoms with Gasteiger partial charge >= 0.3 is 16.3 Å². The summed E-state index contributed by atoms with van der Waals surface area (Å²) >= 11 is 0. The molecular weight excluding hydrogens is 507 g/mol. The lowest BCUT2D eigenvalue weighted by atomic mass is 10.0. The van der Waals surface area contributed by atoms with Crippen molar-refractivity contribution in [3.05, 3.63) is 83.8 Å². The Kier molecular flexibility index (Phi) is 8.26. The Morgan fingerprint density at radius 1 is 1.00 bits per heavy atom. The van der Waals surface area contributed by atoms with Crippen LogP contribution in [0.3, 0.4) is 0 Å². The standard InChI is InChI=1S/C27H28F3NO5S/c28-27(29,30)22-9-4-12-25(17-22)37(33,34)36-23-10-3-8-21(16-23)18-31(19-24-11-5-15-35-24)26(32)14-13-20-6-1-2-7-20/h3-5,8-12,15-17,20H,1-2,6-7,13-14,18-19H2. The van der Waals surface area contributed by atoms with E-state index in [0.29, 0.717) is 29.7 Å². The smallest absolute Gasteiger partial charge is 0.416 e. The van der Waals surface area contributed by atoms with Crippen LogP contribution in [0.4, 0.5) is 13.2 Å². The van der Waals surface area contributed by atoms with Crippen molar-refractivity contribution in [3.8, 4) is 5.75 Å². The first-order chi connectivity index (χ1) is 17.6. The number of halogens is 3. The third-order valence-corrected chi connectivity index (χ3v) is 7.69. The molecule has 0 bridgehead atoms. The molecular formula is C27H28F3NO5S. The average molecular weight is 536 g/mol. The highest BCUT2D eigenvalue weighted by atomic mass is 32.2. The summed E-state index contributed by atoms with van der Waals surface area (Å²) in [5, 5.41) is 0. The minimum absolute atomic E-state index is 0.0359. The first-order valence-electron chi connectivity index (χ1n) is 12.1. The molecule has 6 nitrogen and oxygen atoms in total. The molecule has 3 aromatic rings. The van der Waals surface area contributed by atoms with Crippen LogP contribution < -0.4 is 4.18 Å². The van der Waals surface area contributed by atoms with Crippen molar-refractivity contribution in [3.63, 3.8) is 0 Å². The second-order valence-corrected chi connectivity index (χ2v) is 10.8. The fraction of sp³-hybridized carbons (Fsp3) is 0.370. The van der Waals surface area contributed by atoms with Gasteiger partial charge in [-0.1, -0.05) is 43.9 Å². The van der Waals surface area contributed by atoms with E-state index in [-0.39, 0.29) is 24.7 Å². The van der Waals surface area contributed by atoms with E-state index < -0.39 is 26.8 Å². The van der Waals surface area contributed by atoms with Crippen molar-refractivity contribution in [1.29, 1.82) is 0 Å². The zero-order valence-corrected chi connectivity index (χ0v) is 20.9. The Morgan fingerprint density at radius 3 is 2.46 bits per heavy atom. The summed E-state index contributed by atoms with van der Waals surface area (Å²) in [6.45, 7) is 0.440. The molecule has 0 saturated heterocycles. The summed E-state index contributed by atoms with van der Waals surface area (Å²) in [6.07, 6.45) is 2.76. The van der Waals surface area contributed by atoms with Gasteiger partial charge < -0.3 is 13.5 Å². The quantitative estimate of drug-likeness (QED) is 0.275. The molecule has 0 spiro atoms.